The van der Waals surface area contributed by atoms with Gasteiger partial charge in [0, 0.05) is 15.6 Å². The molecule has 1 aliphatic heterocycles. The first kappa shape index (κ1) is 13.5. The Kier molecular flexibility index (Phi) is 3.93. The molecule has 0 saturated carbocycles. The van der Waals surface area contributed by atoms with Gasteiger partial charge in [-0.05, 0) is 24.5 Å². The molecule has 2 nitrogen and oxygen atoms in total. The van der Waals surface area contributed by atoms with Crippen molar-refractivity contribution in [2.24, 2.45) is 5.92 Å². The zero-order valence-corrected chi connectivity index (χ0v) is 12.0. The molecule has 2 unspecified atom stereocenters. The fourth-order valence-electron chi connectivity index (χ4n) is 2.06. The van der Waals surface area contributed by atoms with E-state index in [1.807, 2.05) is 0 Å². The third-order valence-corrected chi connectivity index (χ3v) is 5.98. The fraction of sp³-hybridized carbons (Fsp3) is 0.455. The summed E-state index contributed by atoms with van der Waals surface area (Å²) in [6, 6.07) is 5.16. The summed E-state index contributed by atoms with van der Waals surface area (Å²) >= 11 is 18.4. The second-order valence-electron chi connectivity index (χ2n) is 4.20. The Hall–Kier alpha value is 0.0400. The molecular weight excluding hydrogens is 303 g/mol. The van der Waals surface area contributed by atoms with Crippen molar-refractivity contribution in [3.05, 3.63) is 33.8 Å². The third kappa shape index (κ3) is 2.90. The maximum atomic E-state index is 11.4. The van der Waals surface area contributed by atoms with Gasteiger partial charge in [-0.2, -0.15) is 0 Å². The number of alkyl halides is 1. The van der Waals surface area contributed by atoms with Crippen molar-refractivity contribution in [2.45, 2.75) is 11.8 Å². The van der Waals surface area contributed by atoms with Crippen LogP contribution in [0.25, 0.3) is 0 Å². The molecule has 1 aromatic rings. The summed E-state index contributed by atoms with van der Waals surface area (Å²) in [4.78, 5) is 0. The first-order valence-corrected chi connectivity index (χ1v) is 8.20. The molecule has 17 heavy (non-hydrogen) atoms. The fourth-order valence-corrected chi connectivity index (χ4v) is 5.20. The Morgan fingerprint density at radius 1 is 1.24 bits per heavy atom. The van der Waals surface area contributed by atoms with Gasteiger partial charge in [-0.1, -0.05) is 29.3 Å². The van der Waals surface area contributed by atoms with Gasteiger partial charge in [0.05, 0.1) is 16.9 Å². The quantitative estimate of drug-likeness (QED) is 0.780. The van der Waals surface area contributed by atoms with Gasteiger partial charge >= 0.3 is 0 Å². The molecule has 0 bridgehead atoms. The smallest absolute Gasteiger partial charge is 0.150 e. The van der Waals surface area contributed by atoms with Gasteiger partial charge in [0.1, 0.15) is 0 Å². The third-order valence-electron chi connectivity index (χ3n) is 2.96. The van der Waals surface area contributed by atoms with Crippen LogP contribution in [0.5, 0.6) is 0 Å². The number of sulfone groups is 1. The first-order valence-electron chi connectivity index (χ1n) is 5.19. The van der Waals surface area contributed by atoms with Gasteiger partial charge in [-0.15, -0.1) is 11.6 Å². The van der Waals surface area contributed by atoms with Crippen molar-refractivity contribution >= 4 is 44.6 Å². The molecule has 0 aromatic heterocycles. The van der Waals surface area contributed by atoms with Crippen LogP contribution in [0.4, 0.5) is 0 Å². The number of halogens is 3. The Balaban J connectivity index is 2.29. The summed E-state index contributed by atoms with van der Waals surface area (Å²) in [5.74, 6) is 0.199. The lowest BCUT2D eigenvalue weighted by Crippen LogP contribution is -2.11. The van der Waals surface area contributed by atoms with E-state index >= 15 is 0 Å². The molecule has 1 saturated heterocycles. The molecule has 0 radical (unpaired) electrons. The summed E-state index contributed by atoms with van der Waals surface area (Å²) in [5.41, 5.74) is 0.639. The Labute approximate surface area is 116 Å². The summed E-state index contributed by atoms with van der Waals surface area (Å²) in [5, 5.41) is 0.525. The van der Waals surface area contributed by atoms with Crippen LogP contribution in [0.1, 0.15) is 17.4 Å². The normalized spacial score (nSPS) is 24.8. The SMILES string of the molecule is O=S1(=O)CCC(C(Cl)c2c(Cl)cccc2Cl)C1. The minimum Gasteiger partial charge on any atom is -0.229 e. The van der Waals surface area contributed by atoms with Crippen LogP contribution in [0, 0.1) is 5.92 Å². The summed E-state index contributed by atoms with van der Waals surface area (Å²) < 4.78 is 22.8. The molecule has 1 fully saturated rings. The predicted octanol–water partition coefficient (Wildman–Crippen LogP) is 3.71. The van der Waals surface area contributed by atoms with Crippen LogP contribution in [0.2, 0.25) is 10.0 Å². The molecule has 0 amide bonds. The van der Waals surface area contributed by atoms with E-state index in [0.717, 1.165) is 0 Å². The van der Waals surface area contributed by atoms with Crippen molar-refractivity contribution in [3.63, 3.8) is 0 Å². The summed E-state index contributed by atoms with van der Waals surface area (Å²) in [7, 11) is -2.94. The van der Waals surface area contributed by atoms with Gasteiger partial charge in [-0.25, -0.2) is 8.42 Å². The minimum absolute atomic E-state index is 0.112. The Morgan fingerprint density at radius 2 is 1.82 bits per heavy atom. The molecule has 0 N–H and O–H groups in total. The molecular formula is C11H11Cl3O2S. The molecule has 94 valence electrons. The van der Waals surface area contributed by atoms with Gasteiger partial charge in [0.2, 0.25) is 0 Å². The van der Waals surface area contributed by atoms with Gasteiger partial charge < -0.3 is 0 Å². The Morgan fingerprint density at radius 3 is 2.29 bits per heavy atom. The zero-order chi connectivity index (χ0) is 12.6. The van der Waals surface area contributed by atoms with Crippen LogP contribution in [-0.4, -0.2) is 19.9 Å². The van der Waals surface area contributed by atoms with Crippen LogP contribution in [-0.2, 0) is 9.84 Å². The summed E-state index contributed by atoms with van der Waals surface area (Å²) in [6.07, 6.45) is 0.568. The average Bonchev–Trinajstić information content (AvgIpc) is 2.58. The van der Waals surface area contributed by atoms with E-state index in [0.29, 0.717) is 22.0 Å². The number of rotatable bonds is 2. The second-order valence-corrected chi connectivity index (χ2v) is 7.71. The lowest BCUT2D eigenvalue weighted by atomic mass is 9.98. The van der Waals surface area contributed by atoms with E-state index in [1.54, 1.807) is 18.2 Å². The standard InChI is InChI=1S/C11H11Cl3O2S/c12-8-2-1-3-9(13)10(8)11(14)7-4-5-17(15,16)6-7/h1-3,7,11H,4-6H2. The van der Waals surface area contributed by atoms with Crippen LogP contribution in [0.15, 0.2) is 18.2 Å². The first-order chi connectivity index (χ1) is 7.91. The maximum absolute atomic E-state index is 11.4. The van der Waals surface area contributed by atoms with Crippen LogP contribution in [0.3, 0.4) is 0 Å². The van der Waals surface area contributed by atoms with E-state index in [-0.39, 0.29) is 17.4 Å². The largest absolute Gasteiger partial charge is 0.229 e. The van der Waals surface area contributed by atoms with Gasteiger partial charge in [-0.3, -0.25) is 0 Å². The zero-order valence-electron chi connectivity index (χ0n) is 8.87. The monoisotopic (exact) mass is 312 g/mol. The molecule has 1 aliphatic rings. The number of benzene rings is 1. The van der Waals surface area contributed by atoms with E-state index in [4.69, 9.17) is 34.8 Å². The molecule has 1 aromatic carbocycles. The maximum Gasteiger partial charge on any atom is 0.150 e. The lowest BCUT2D eigenvalue weighted by Gasteiger charge is -2.18. The number of hydrogen-bond donors (Lipinski definition) is 0. The molecule has 2 rings (SSSR count). The van der Waals surface area contributed by atoms with Crippen LogP contribution >= 0.6 is 34.8 Å². The Bertz CT molecular complexity index is 507. The summed E-state index contributed by atoms with van der Waals surface area (Å²) in [6.45, 7) is 0. The van der Waals surface area contributed by atoms with E-state index in [2.05, 4.69) is 0 Å². The average molecular weight is 314 g/mol. The predicted molar refractivity (Wildman–Crippen MR) is 71.8 cm³/mol. The second kappa shape index (κ2) is 4.96. The van der Waals surface area contributed by atoms with E-state index in [1.165, 1.54) is 0 Å². The molecule has 1 heterocycles. The van der Waals surface area contributed by atoms with Gasteiger partial charge in [0.15, 0.2) is 9.84 Å². The van der Waals surface area contributed by atoms with Crippen molar-refractivity contribution in [1.82, 2.24) is 0 Å². The lowest BCUT2D eigenvalue weighted by molar-refractivity contribution is 0.569. The molecule has 0 aliphatic carbocycles. The van der Waals surface area contributed by atoms with E-state index in [9.17, 15) is 8.42 Å². The van der Waals surface area contributed by atoms with Crippen molar-refractivity contribution in [3.8, 4) is 0 Å². The van der Waals surface area contributed by atoms with Gasteiger partial charge in [0.25, 0.3) is 0 Å². The topological polar surface area (TPSA) is 34.1 Å². The van der Waals surface area contributed by atoms with Crippen LogP contribution < -0.4 is 0 Å². The number of hydrogen-bond acceptors (Lipinski definition) is 2. The highest BCUT2D eigenvalue weighted by atomic mass is 35.5. The molecule has 2 atom stereocenters. The highest BCUT2D eigenvalue weighted by Gasteiger charge is 2.35. The highest BCUT2D eigenvalue weighted by Crippen LogP contribution is 2.42. The van der Waals surface area contributed by atoms with Crippen molar-refractivity contribution in [1.29, 1.82) is 0 Å². The minimum atomic E-state index is -2.94. The van der Waals surface area contributed by atoms with Crippen molar-refractivity contribution in [2.75, 3.05) is 11.5 Å². The highest BCUT2D eigenvalue weighted by molar-refractivity contribution is 7.91. The molecule has 6 heteroatoms. The van der Waals surface area contributed by atoms with Crippen molar-refractivity contribution < 1.29 is 8.42 Å². The molecule has 0 spiro atoms. The van der Waals surface area contributed by atoms with E-state index < -0.39 is 15.2 Å².